The molecule has 2 unspecified atom stereocenters. The van der Waals surface area contributed by atoms with Crippen LogP contribution in [-0.4, -0.2) is 22.8 Å². The molecular weight excluding hydrogens is 292 g/mol. The van der Waals surface area contributed by atoms with Crippen LogP contribution in [0.1, 0.15) is 38.8 Å². The van der Waals surface area contributed by atoms with Gasteiger partial charge in [0, 0.05) is 5.41 Å². The molecule has 0 spiro atoms. The van der Waals surface area contributed by atoms with Crippen molar-refractivity contribution in [1.82, 2.24) is 0 Å². The SMILES string of the molecule is CC(O)Oc1ccc(C(C)(C)c2ccc(OC(C)O)cc2)cc1. The van der Waals surface area contributed by atoms with E-state index in [1.165, 1.54) is 0 Å². The average molecular weight is 316 g/mol. The number of ether oxygens (including phenoxy) is 2. The van der Waals surface area contributed by atoms with Crippen LogP contribution in [0, 0.1) is 0 Å². The Bertz CT molecular complexity index is 557. The van der Waals surface area contributed by atoms with Gasteiger partial charge in [0.2, 0.25) is 0 Å². The molecule has 0 aliphatic rings. The lowest BCUT2D eigenvalue weighted by atomic mass is 9.78. The normalized spacial score (nSPS) is 14.2. The molecule has 0 saturated carbocycles. The first-order valence-corrected chi connectivity index (χ1v) is 7.69. The molecule has 0 fully saturated rings. The van der Waals surface area contributed by atoms with Crippen molar-refractivity contribution >= 4 is 0 Å². The lowest BCUT2D eigenvalue weighted by Crippen LogP contribution is -2.19. The number of aliphatic hydroxyl groups is 2. The zero-order valence-electron chi connectivity index (χ0n) is 14.0. The Balaban J connectivity index is 2.19. The van der Waals surface area contributed by atoms with Gasteiger partial charge in [0.05, 0.1) is 0 Å². The largest absolute Gasteiger partial charge is 0.465 e. The second-order valence-corrected chi connectivity index (χ2v) is 6.11. The fourth-order valence-corrected chi connectivity index (χ4v) is 2.46. The van der Waals surface area contributed by atoms with Crippen LogP contribution in [0.15, 0.2) is 48.5 Å². The first-order chi connectivity index (χ1) is 10.8. The molecule has 2 atom stereocenters. The maximum atomic E-state index is 9.25. The van der Waals surface area contributed by atoms with Gasteiger partial charge >= 0.3 is 0 Å². The Morgan fingerprint density at radius 3 is 1.26 bits per heavy atom. The van der Waals surface area contributed by atoms with Gasteiger partial charge in [-0.15, -0.1) is 0 Å². The third-order valence-corrected chi connectivity index (χ3v) is 3.77. The van der Waals surface area contributed by atoms with E-state index in [0.717, 1.165) is 11.1 Å². The van der Waals surface area contributed by atoms with Crippen molar-refractivity contribution in [3.8, 4) is 11.5 Å². The van der Waals surface area contributed by atoms with E-state index in [1.807, 2.05) is 48.5 Å². The zero-order chi connectivity index (χ0) is 17.0. The van der Waals surface area contributed by atoms with E-state index in [-0.39, 0.29) is 5.41 Å². The molecule has 0 radical (unpaired) electrons. The van der Waals surface area contributed by atoms with Crippen molar-refractivity contribution in [3.63, 3.8) is 0 Å². The Hall–Kier alpha value is -2.04. The smallest absolute Gasteiger partial charge is 0.194 e. The van der Waals surface area contributed by atoms with Gasteiger partial charge in [-0.05, 0) is 49.2 Å². The minimum Gasteiger partial charge on any atom is -0.465 e. The minimum atomic E-state index is -0.824. The van der Waals surface area contributed by atoms with Crippen LogP contribution in [0.4, 0.5) is 0 Å². The van der Waals surface area contributed by atoms with E-state index in [0.29, 0.717) is 11.5 Å². The molecule has 0 bridgehead atoms. The third-order valence-electron chi connectivity index (χ3n) is 3.77. The van der Waals surface area contributed by atoms with Gasteiger partial charge in [-0.25, -0.2) is 0 Å². The quantitative estimate of drug-likeness (QED) is 0.802. The Morgan fingerprint density at radius 2 is 1.00 bits per heavy atom. The Labute approximate surface area is 137 Å². The van der Waals surface area contributed by atoms with Gasteiger partial charge in [-0.1, -0.05) is 38.1 Å². The summed E-state index contributed by atoms with van der Waals surface area (Å²) in [4.78, 5) is 0. The fourth-order valence-electron chi connectivity index (χ4n) is 2.46. The molecule has 0 amide bonds. The molecule has 4 nitrogen and oxygen atoms in total. The molecule has 2 aromatic carbocycles. The van der Waals surface area contributed by atoms with Crippen molar-refractivity contribution < 1.29 is 19.7 Å². The summed E-state index contributed by atoms with van der Waals surface area (Å²) in [5.74, 6) is 1.28. The summed E-state index contributed by atoms with van der Waals surface area (Å²) in [6, 6.07) is 15.4. The lowest BCUT2D eigenvalue weighted by Gasteiger charge is -2.26. The van der Waals surface area contributed by atoms with Crippen LogP contribution in [-0.2, 0) is 5.41 Å². The monoisotopic (exact) mass is 316 g/mol. The standard InChI is InChI=1S/C19H24O4/c1-13(20)22-17-9-5-15(6-10-17)19(3,4)16-7-11-18(12-8-16)23-14(2)21/h5-14,20-21H,1-4H3. The van der Waals surface area contributed by atoms with E-state index in [4.69, 9.17) is 9.47 Å². The van der Waals surface area contributed by atoms with Gasteiger partial charge in [0.1, 0.15) is 11.5 Å². The first-order valence-electron chi connectivity index (χ1n) is 7.69. The van der Waals surface area contributed by atoms with Gasteiger partial charge in [0.15, 0.2) is 12.6 Å². The molecule has 0 aromatic heterocycles. The van der Waals surface area contributed by atoms with E-state index in [1.54, 1.807) is 13.8 Å². The number of hydrogen-bond acceptors (Lipinski definition) is 4. The highest BCUT2D eigenvalue weighted by Crippen LogP contribution is 2.33. The van der Waals surface area contributed by atoms with Gasteiger partial charge in [0.25, 0.3) is 0 Å². The van der Waals surface area contributed by atoms with Gasteiger partial charge < -0.3 is 19.7 Å². The lowest BCUT2D eigenvalue weighted by molar-refractivity contribution is -0.000873. The van der Waals surface area contributed by atoms with Crippen LogP contribution in [0.25, 0.3) is 0 Å². The third kappa shape index (κ3) is 4.47. The summed E-state index contributed by atoms with van der Waals surface area (Å²) >= 11 is 0. The molecule has 0 heterocycles. The number of aliphatic hydroxyl groups excluding tert-OH is 2. The molecular formula is C19H24O4. The molecule has 0 aliphatic heterocycles. The topological polar surface area (TPSA) is 58.9 Å². The summed E-state index contributed by atoms with van der Waals surface area (Å²) in [6.07, 6.45) is -1.65. The summed E-state index contributed by atoms with van der Waals surface area (Å²) in [5, 5.41) is 18.5. The molecule has 2 aromatic rings. The van der Waals surface area contributed by atoms with Gasteiger partial charge in [-0.3, -0.25) is 0 Å². The maximum absolute atomic E-state index is 9.25. The van der Waals surface area contributed by atoms with Crippen LogP contribution < -0.4 is 9.47 Å². The molecule has 2 N–H and O–H groups in total. The predicted octanol–water partition coefficient (Wildman–Crippen LogP) is 3.45. The summed E-state index contributed by atoms with van der Waals surface area (Å²) in [5.41, 5.74) is 2.09. The van der Waals surface area contributed by atoms with Crippen LogP contribution in [0.2, 0.25) is 0 Å². The van der Waals surface area contributed by atoms with E-state index < -0.39 is 12.6 Å². The molecule has 124 valence electrons. The van der Waals surface area contributed by atoms with Crippen LogP contribution in [0.3, 0.4) is 0 Å². The summed E-state index contributed by atoms with van der Waals surface area (Å²) in [7, 11) is 0. The number of hydrogen-bond donors (Lipinski definition) is 2. The fraction of sp³-hybridized carbons (Fsp3) is 0.368. The van der Waals surface area contributed by atoms with E-state index >= 15 is 0 Å². The van der Waals surface area contributed by atoms with Crippen molar-refractivity contribution in [3.05, 3.63) is 59.7 Å². The number of benzene rings is 2. The molecule has 0 saturated heterocycles. The van der Waals surface area contributed by atoms with E-state index in [2.05, 4.69) is 13.8 Å². The maximum Gasteiger partial charge on any atom is 0.194 e. The van der Waals surface area contributed by atoms with Crippen molar-refractivity contribution in [2.45, 2.75) is 45.7 Å². The Kier molecular flexibility index (Phi) is 5.29. The van der Waals surface area contributed by atoms with Crippen molar-refractivity contribution in [2.24, 2.45) is 0 Å². The predicted molar refractivity (Wildman–Crippen MR) is 89.6 cm³/mol. The highest BCUT2D eigenvalue weighted by atomic mass is 16.6. The van der Waals surface area contributed by atoms with Crippen molar-refractivity contribution in [2.75, 3.05) is 0 Å². The molecule has 23 heavy (non-hydrogen) atoms. The summed E-state index contributed by atoms with van der Waals surface area (Å²) < 4.78 is 10.5. The highest BCUT2D eigenvalue weighted by Gasteiger charge is 2.23. The molecule has 2 rings (SSSR count). The highest BCUT2D eigenvalue weighted by molar-refractivity contribution is 5.41. The first kappa shape index (κ1) is 17.3. The molecule has 4 heteroatoms. The average Bonchev–Trinajstić information content (AvgIpc) is 2.47. The second-order valence-electron chi connectivity index (χ2n) is 6.11. The van der Waals surface area contributed by atoms with Gasteiger partial charge in [-0.2, -0.15) is 0 Å². The van der Waals surface area contributed by atoms with Crippen LogP contribution >= 0.6 is 0 Å². The Morgan fingerprint density at radius 1 is 0.696 bits per heavy atom. The minimum absolute atomic E-state index is 0.188. The van der Waals surface area contributed by atoms with E-state index in [9.17, 15) is 10.2 Å². The second kappa shape index (κ2) is 7.02. The zero-order valence-corrected chi connectivity index (χ0v) is 14.0. The van der Waals surface area contributed by atoms with Crippen LogP contribution in [0.5, 0.6) is 11.5 Å². The number of rotatable bonds is 6. The molecule has 0 aliphatic carbocycles. The van der Waals surface area contributed by atoms with Crippen molar-refractivity contribution in [1.29, 1.82) is 0 Å². The summed E-state index contributed by atoms with van der Waals surface area (Å²) in [6.45, 7) is 7.44.